The maximum absolute atomic E-state index is 10.1. The molecule has 0 amide bonds. The van der Waals surface area contributed by atoms with E-state index in [0.717, 1.165) is 20.5 Å². The van der Waals surface area contributed by atoms with E-state index >= 15 is 0 Å². The fourth-order valence-corrected chi connectivity index (χ4v) is 3.46. The first-order valence-electron chi connectivity index (χ1n) is 7.47. The van der Waals surface area contributed by atoms with Crippen molar-refractivity contribution in [2.45, 2.75) is 6.92 Å². The van der Waals surface area contributed by atoms with Crippen molar-refractivity contribution in [3.8, 4) is 22.8 Å². The van der Waals surface area contributed by atoms with Crippen LogP contribution in [0.4, 0.5) is 0 Å². The Morgan fingerprint density at radius 2 is 1.84 bits per heavy atom. The molecule has 0 unspecified atom stereocenters. The van der Waals surface area contributed by atoms with Crippen molar-refractivity contribution < 1.29 is 10.2 Å². The van der Waals surface area contributed by atoms with Gasteiger partial charge in [-0.15, -0.1) is 11.3 Å². The van der Waals surface area contributed by atoms with Crippen LogP contribution in [0.3, 0.4) is 0 Å². The maximum Gasteiger partial charge on any atom is 0.205 e. The third-order valence-corrected chi connectivity index (χ3v) is 5.07. The number of halogens is 1. The Hall–Kier alpha value is -2.38. The molecule has 0 saturated heterocycles. The Balaban J connectivity index is 2.13. The van der Waals surface area contributed by atoms with Crippen molar-refractivity contribution >= 4 is 33.0 Å². The van der Waals surface area contributed by atoms with Crippen LogP contribution in [0.1, 0.15) is 12.5 Å². The lowest BCUT2D eigenvalue weighted by atomic mass is 10.1. The van der Waals surface area contributed by atoms with Gasteiger partial charge in [-0.2, -0.15) is 5.10 Å². The number of aromatic hydroxyl groups is 2. The quantitative estimate of drug-likeness (QED) is 0.627. The van der Waals surface area contributed by atoms with Crippen molar-refractivity contribution in [3.05, 3.63) is 62.7 Å². The smallest absolute Gasteiger partial charge is 0.205 e. The summed E-state index contributed by atoms with van der Waals surface area (Å²) in [6.45, 7) is 1.81. The topological polar surface area (TPSA) is 70.1 Å². The van der Waals surface area contributed by atoms with Crippen molar-refractivity contribution in [2.24, 2.45) is 10.1 Å². The number of nitrogens with zero attached hydrogens (tertiary/aromatic N) is 3. The third-order valence-electron chi connectivity index (χ3n) is 3.64. The molecular formula is C18H16BrN3O2S. The Bertz CT molecular complexity index is 1000. The highest BCUT2D eigenvalue weighted by Gasteiger charge is 2.10. The standard InChI is InChI=1S/C18H16BrN3O2S/c1-11(15-8-7-14(23)9-17(15)24)21-22-16(10-25-18(22)20-2)12-3-5-13(19)6-4-12/h3-10,23-24H,1-2H3. The van der Waals surface area contributed by atoms with E-state index in [-0.39, 0.29) is 11.5 Å². The molecule has 1 heterocycles. The Kier molecular flexibility index (Phi) is 5.06. The van der Waals surface area contributed by atoms with Gasteiger partial charge in [0.1, 0.15) is 11.5 Å². The summed E-state index contributed by atoms with van der Waals surface area (Å²) >= 11 is 4.94. The van der Waals surface area contributed by atoms with Crippen molar-refractivity contribution in [2.75, 3.05) is 7.05 Å². The lowest BCUT2D eigenvalue weighted by Gasteiger charge is -2.08. The van der Waals surface area contributed by atoms with Crippen LogP contribution in [-0.2, 0) is 0 Å². The summed E-state index contributed by atoms with van der Waals surface area (Å²) in [6, 6.07) is 12.4. The number of phenols is 2. The number of rotatable bonds is 3. The van der Waals surface area contributed by atoms with Gasteiger partial charge in [0, 0.05) is 34.1 Å². The van der Waals surface area contributed by atoms with Crippen molar-refractivity contribution in [1.29, 1.82) is 0 Å². The van der Waals surface area contributed by atoms with Gasteiger partial charge in [0.2, 0.25) is 4.80 Å². The van der Waals surface area contributed by atoms with E-state index < -0.39 is 0 Å². The predicted octanol–water partition coefficient (Wildman–Crippen LogP) is 4.19. The van der Waals surface area contributed by atoms with Crippen LogP contribution in [0, 0.1) is 0 Å². The second-order valence-electron chi connectivity index (χ2n) is 5.33. The molecule has 128 valence electrons. The van der Waals surface area contributed by atoms with Gasteiger partial charge in [-0.05, 0) is 31.2 Å². The van der Waals surface area contributed by atoms with Crippen LogP contribution >= 0.6 is 27.3 Å². The first-order valence-corrected chi connectivity index (χ1v) is 9.14. The molecule has 2 N–H and O–H groups in total. The number of hydrogen-bond acceptors (Lipinski definition) is 5. The minimum atomic E-state index is -0.0164. The zero-order chi connectivity index (χ0) is 18.0. The third kappa shape index (κ3) is 3.67. The molecule has 3 aromatic rings. The predicted molar refractivity (Wildman–Crippen MR) is 104 cm³/mol. The summed E-state index contributed by atoms with van der Waals surface area (Å²) in [5.41, 5.74) is 3.10. The average molecular weight is 418 g/mol. The Labute approximate surface area is 157 Å². The number of aromatic nitrogens is 1. The summed E-state index contributed by atoms with van der Waals surface area (Å²) in [7, 11) is 1.72. The fourth-order valence-electron chi connectivity index (χ4n) is 2.40. The van der Waals surface area contributed by atoms with Crippen molar-refractivity contribution in [1.82, 2.24) is 4.68 Å². The van der Waals surface area contributed by atoms with Crippen LogP contribution < -0.4 is 4.80 Å². The molecular weight excluding hydrogens is 402 g/mol. The first-order chi connectivity index (χ1) is 12.0. The van der Waals surface area contributed by atoms with Gasteiger partial charge in [0.15, 0.2) is 0 Å². The number of phenolic OH excluding ortho intramolecular Hbond substituents is 2. The molecule has 25 heavy (non-hydrogen) atoms. The van der Waals surface area contributed by atoms with Crippen LogP contribution in [0.15, 0.2) is 62.4 Å². The van der Waals surface area contributed by atoms with Gasteiger partial charge in [-0.1, -0.05) is 28.1 Å². The summed E-state index contributed by atoms with van der Waals surface area (Å²) in [5, 5.41) is 26.2. The maximum atomic E-state index is 10.1. The summed E-state index contributed by atoms with van der Waals surface area (Å²) < 4.78 is 2.77. The summed E-state index contributed by atoms with van der Waals surface area (Å²) in [6.07, 6.45) is 0. The number of benzene rings is 2. The Morgan fingerprint density at radius 3 is 2.48 bits per heavy atom. The molecule has 0 atom stereocenters. The lowest BCUT2D eigenvalue weighted by molar-refractivity contribution is 0.450. The monoisotopic (exact) mass is 417 g/mol. The largest absolute Gasteiger partial charge is 0.508 e. The molecule has 0 aliphatic rings. The molecule has 0 spiro atoms. The second-order valence-corrected chi connectivity index (χ2v) is 7.08. The molecule has 0 fully saturated rings. The minimum Gasteiger partial charge on any atom is -0.508 e. The molecule has 0 bridgehead atoms. The molecule has 2 aromatic carbocycles. The zero-order valence-corrected chi connectivity index (χ0v) is 16.0. The van der Waals surface area contributed by atoms with E-state index in [1.807, 2.05) is 36.6 Å². The molecule has 7 heteroatoms. The SMILES string of the molecule is CN=c1scc(-c2ccc(Br)cc2)n1N=C(C)c1ccc(O)cc1O. The zero-order valence-electron chi connectivity index (χ0n) is 13.6. The fraction of sp³-hybridized carbons (Fsp3) is 0.111. The van der Waals surface area contributed by atoms with Gasteiger partial charge >= 0.3 is 0 Å². The first kappa shape index (κ1) is 17.4. The molecule has 0 aliphatic carbocycles. The van der Waals surface area contributed by atoms with E-state index in [4.69, 9.17) is 0 Å². The molecule has 0 radical (unpaired) electrons. The molecule has 3 rings (SSSR count). The van der Waals surface area contributed by atoms with Gasteiger partial charge < -0.3 is 10.2 Å². The second kappa shape index (κ2) is 7.25. The number of thiazole rings is 1. The minimum absolute atomic E-state index is 0.0111. The molecule has 0 saturated carbocycles. The van der Waals surface area contributed by atoms with E-state index in [9.17, 15) is 10.2 Å². The van der Waals surface area contributed by atoms with Gasteiger partial charge in [0.25, 0.3) is 0 Å². The molecule has 5 nitrogen and oxygen atoms in total. The number of hydrogen-bond donors (Lipinski definition) is 2. The van der Waals surface area contributed by atoms with Gasteiger partial charge in [-0.25, -0.2) is 4.68 Å². The highest BCUT2D eigenvalue weighted by molar-refractivity contribution is 9.10. The van der Waals surface area contributed by atoms with E-state index in [2.05, 4.69) is 26.0 Å². The average Bonchev–Trinajstić information content (AvgIpc) is 2.98. The lowest BCUT2D eigenvalue weighted by Crippen LogP contribution is -2.13. The molecule has 0 aliphatic heterocycles. The van der Waals surface area contributed by atoms with E-state index in [0.29, 0.717) is 11.3 Å². The van der Waals surface area contributed by atoms with Crippen molar-refractivity contribution in [3.63, 3.8) is 0 Å². The van der Waals surface area contributed by atoms with E-state index in [1.54, 1.807) is 17.8 Å². The van der Waals surface area contributed by atoms with Crippen LogP contribution in [0.5, 0.6) is 11.5 Å². The normalized spacial score (nSPS) is 12.6. The summed E-state index contributed by atoms with van der Waals surface area (Å²) in [4.78, 5) is 5.03. The highest BCUT2D eigenvalue weighted by atomic mass is 79.9. The van der Waals surface area contributed by atoms with Crippen LogP contribution in [-0.4, -0.2) is 27.6 Å². The molecule has 1 aromatic heterocycles. The van der Waals surface area contributed by atoms with Gasteiger partial charge in [-0.3, -0.25) is 4.99 Å². The van der Waals surface area contributed by atoms with Gasteiger partial charge in [0.05, 0.1) is 11.4 Å². The highest BCUT2D eigenvalue weighted by Crippen LogP contribution is 2.25. The Morgan fingerprint density at radius 1 is 1.12 bits per heavy atom. The van der Waals surface area contributed by atoms with Crippen LogP contribution in [0.25, 0.3) is 11.3 Å². The van der Waals surface area contributed by atoms with Crippen LogP contribution in [0.2, 0.25) is 0 Å². The summed E-state index contributed by atoms with van der Waals surface area (Å²) in [5.74, 6) is -0.00528. The van der Waals surface area contributed by atoms with E-state index in [1.165, 1.54) is 23.5 Å².